The van der Waals surface area contributed by atoms with E-state index in [1.807, 2.05) is 25.1 Å². The molecule has 1 fully saturated rings. The van der Waals surface area contributed by atoms with Gasteiger partial charge in [0.2, 0.25) is 0 Å². The number of methoxy groups -OCH3 is 1. The van der Waals surface area contributed by atoms with Crippen LogP contribution in [0.5, 0.6) is 5.75 Å². The van der Waals surface area contributed by atoms with Gasteiger partial charge in [-0.3, -0.25) is 4.99 Å². The molecule has 3 rings (SSSR count). The molecule has 2 unspecified atom stereocenters. The van der Waals surface area contributed by atoms with Crippen LogP contribution in [0.15, 0.2) is 41.4 Å². The Labute approximate surface area is 175 Å². The van der Waals surface area contributed by atoms with Gasteiger partial charge in [-0.2, -0.15) is 0 Å². The second-order valence-electron chi connectivity index (χ2n) is 6.47. The van der Waals surface area contributed by atoms with Gasteiger partial charge in [0, 0.05) is 36.7 Å². The maximum atomic E-state index is 13.9. The van der Waals surface area contributed by atoms with Crippen molar-refractivity contribution in [2.45, 2.75) is 31.8 Å². The predicted octanol–water partition coefficient (Wildman–Crippen LogP) is 4.12. The monoisotopic (exact) mass is 487 g/mol. The molecule has 1 aliphatic carbocycles. The van der Waals surface area contributed by atoms with Crippen LogP contribution in [0.25, 0.3) is 0 Å². The predicted molar refractivity (Wildman–Crippen MR) is 114 cm³/mol. The van der Waals surface area contributed by atoms with Gasteiger partial charge >= 0.3 is 0 Å². The molecule has 2 atom stereocenters. The van der Waals surface area contributed by atoms with Gasteiger partial charge in [0.05, 0.1) is 7.11 Å². The third-order valence-electron chi connectivity index (χ3n) is 4.60. The molecule has 7 heteroatoms. The topological polar surface area (TPSA) is 45.7 Å². The molecule has 0 amide bonds. The second-order valence-corrected chi connectivity index (χ2v) is 6.47. The van der Waals surface area contributed by atoms with Crippen molar-refractivity contribution in [1.82, 2.24) is 10.6 Å². The van der Waals surface area contributed by atoms with Crippen LogP contribution in [-0.2, 0) is 6.54 Å². The Morgan fingerprint density at radius 3 is 2.56 bits per heavy atom. The Kier molecular flexibility index (Phi) is 7.41. The molecule has 146 valence electrons. The molecular formula is C20H24F2IN3O. The Hall–Kier alpha value is -1.90. The number of hydrogen-bond donors (Lipinski definition) is 2. The van der Waals surface area contributed by atoms with Crippen molar-refractivity contribution >= 4 is 29.9 Å². The molecule has 0 radical (unpaired) electrons. The quantitative estimate of drug-likeness (QED) is 0.379. The highest BCUT2D eigenvalue weighted by Crippen LogP contribution is 2.43. The molecule has 0 aliphatic heterocycles. The number of hydrogen-bond acceptors (Lipinski definition) is 2. The first-order valence-corrected chi connectivity index (χ1v) is 8.58. The first kappa shape index (κ1) is 21.4. The summed E-state index contributed by atoms with van der Waals surface area (Å²) in [5.41, 5.74) is 2.29. The van der Waals surface area contributed by atoms with E-state index in [1.54, 1.807) is 14.2 Å². The van der Waals surface area contributed by atoms with Gasteiger partial charge in [0.15, 0.2) is 5.96 Å². The summed E-state index contributed by atoms with van der Waals surface area (Å²) in [5, 5.41) is 6.45. The third-order valence-corrected chi connectivity index (χ3v) is 4.60. The largest absolute Gasteiger partial charge is 0.496 e. The van der Waals surface area contributed by atoms with Gasteiger partial charge < -0.3 is 15.4 Å². The number of nitrogens with zero attached hydrogens (tertiary/aromatic N) is 1. The molecule has 0 saturated heterocycles. The fourth-order valence-corrected chi connectivity index (χ4v) is 3.09. The Balaban J connectivity index is 0.00000261. The summed E-state index contributed by atoms with van der Waals surface area (Å²) < 4.78 is 33.2. The lowest BCUT2D eigenvalue weighted by atomic mass is 10.1. The normalized spacial score (nSPS) is 18.5. The minimum atomic E-state index is -0.494. The van der Waals surface area contributed by atoms with E-state index in [1.165, 1.54) is 18.2 Å². The summed E-state index contributed by atoms with van der Waals surface area (Å²) in [7, 11) is 3.31. The van der Waals surface area contributed by atoms with E-state index >= 15 is 0 Å². The van der Waals surface area contributed by atoms with E-state index in [-0.39, 0.29) is 41.5 Å². The number of nitrogens with one attached hydrogen (secondary N) is 2. The summed E-state index contributed by atoms with van der Waals surface area (Å²) in [6, 6.07) is 9.94. The van der Waals surface area contributed by atoms with Crippen LogP contribution in [-0.4, -0.2) is 26.2 Å². The van der Waals surface area contributed by atoms with E-state index in [9.17, 15) is 8.78 Å². The Morgan fingerprint density at radius 1 is 1.22 bits per heavy atom. The van der Waals surface area contributed by atoms with Crippen molar-refractivity contribution in [1.29, 1.82) is 0 Å². The van der Waals surface area contributed by atoms with Crippen molar-refractivity contribution < 1.29 is 13.5 Å². The molecule has 0 bridgehead atoms. The van der Waals surface area contributed by atoms with E-state index < -0.39 is 11.6 Å². The molecule has 0 aromatic heterocycles. The lowest BCUT2D eigenvalue weighted by Crippen LogP contribution is -2.38. The maximum absolute atomic E-state index is 13.9. The Bertz CT molecular complexity index is 809. The smallest absolute Gasteiger partial charge is 0.191 e. The van der Waals surface area contributed by atoms with Crippen molar-refractivity contribution in [2.75, 3.05) is 14.2 Å². The van der Waals surface area contributed by atoms with Gasteiger partial charge in [0.25, 0.3) is 0 Å². The van der Waals surface area contributed by atoms with Crippen LogP contribution in [0.4, 0.5) is 8.78 Å². The zero-order valence-corrected chi connectivity index (χ0v) is 17.9. The molecular weight excluding hydrogens is 463 g/mol. The molecule has 4 nitrogen and oxygen atoms in total. The molecule has 2 N–H and O–H groups in total. The molecule has 0 spiro atoms. The van der Waals surface area contributed by atoms with Crippen LogP contribution in [0.1, 0.15) is 29.0 Å². The van der Waals surface area contributed by atoms with Crippen LogP contribution in [0, 0.1) is 18.6 Å². The highest BCUT2D eigenvalue weighted by atomic mass is 127. The number of aliphatic imine (C=N–C) groups is 1. The first-order valence-electron chi connectivity index (χ1n) is 8.58. The minimum Gasteiger partial charge on any atom is -0.496 e. The molecule has 1 saturated carbocycles. The van der Waals surface area contributed by atoms with Gasteiger partial charge in [-0.15, -0.1) is 24.0 Å². The number of halogens is 3. The summed E-state index contributed by atoms with van der Waals surface area (Å²) in [6.07, 6.45) is 0.673. The van der Waals surface area contributed by atoms with Crippen molar-refractivity contribution in [3.8, 4) is 5.75 Å². The molecule has 2 aromatic carbocycles. The zero-order chi connectivity index (χ0) is 18.7. The highest BCUT2D eigenvalue weighted by molar-refractivity contribution is 14.0. The lowest BCUT2D eigenvalue weighted by molar-refractivity contribution is 0.408. The molecule has 1 aliphatic rings. The molecule has 27 heavy (non-hydrogen) atoms. The SMILES string of the molecule is CN=C(NCc1ccc(C)cc1OC)NC1CC1c1c(F)cccc1F.I. The number of aryl methyl sites for hydroxylation is 1. The summed E-state index contributed by atoms with van der Waals surface area (Å²) >= 11 is 0. The first-order chi connectivity index (χ1) is 12.5. The number of rotatable bonds is 5. The lowest BCUT2D eigenvalue weighted by Gasteiger charge is -2.14. The van der Waals surface area contributed by atoms with Gasteiger partial charge in [0.1, 0.15) is 17.4 Å². The standard InChI is InChI=1S/C20H23F2N3O.HI/c1-12-7-8-13(18(9-12)26-3)11-24-20(23-2)25-17-10-14(17)19-15(21)5-4-6-16(19)22;/h4-9,14,17H,10-11H2,1-3H3,(H2,23,24,25);1H. The molecule has 2 aromatic rings. The molecule has 0 heterocycles. The van der Waals surface area contributed by atoms with E-state index in [4.69, 9.17) is 4.74 Å². The maximum Gasteiger partial charge on any atom is 0.191 e. The van der Waals surface area contributed by atoms with Crippen LogP contribution in [0.2, 0.25) is 0 Å². The van der Waals surface area contributed by atoms with E-state index in [0.717, 1.165) is 16.9 Å². The summed E-state index contributed by atoms with van der Waals surface area (Å²) in [4.78, 5) is 4.20. The van der Waals surface area contributed by atoms with E-state index in [2.05, 4.69) is 15.6 Å². The van der Waals surface area contributed by atoms with Gasteiger partial charge in [-0.05, 0) is 37.1 Å². The average molecular weight is 487 g/mol. The number of ether oxygens (including phenoxy) is 1. The highest BCUT2D eigenvalue weighted by Gasteiger charge is 2.42. The minimum absolute atomic E-state index is 0. The fourth-order valence-electron chi connectivity index (χ4n) is 3.09. The van der Waals surface area contributed by atoms with Crippen molar-refractivity contribution in [3.63, 3.8) is 0 Å². The van der Waals surface area contributed by atoms with Crippen LogP contribution < -0.4 is 15.4 Å². The zero-order valence-electron chi connectivity index (χ0n) is 15.6. The fraction of sp³-hybridized carbons (Fsp3) is 0.350. The summed E-state index contributed by atoms with van der Waals surface area (Å²) in [5.74, 6) is 0.240. The number of guanidine groups is 1. The van der Waals surface area contributed by atoms with Crippen molar-refractivity contribution in [3.05, 3.63) is 64.7 Å². The average Bonchev–Trinajstić information content (AvgIpc) is 3.37. The van der Waals surface area contributed by atoms with Gasteiger partial charge in [-0.1, -0.05) is 18.2 Å². The third kappa shape index (κ3) is 5.09. The second kappa shape index (κ2) is 9.34. The van der Waals surface area contributed by atoms with Crippen LogP contribution >= 0.6 is 24.0 Å². The number of benzene rings is 2. The van der Waals surface area contributed by atoms with Crippen molar-refractivity contribution in [2.24, 2.45) is 4.99 Å². The van der Waals surface area contributed by atoms with Gasteiger partial charge in [-0.25, -0.2) is 8.78 Å². The summed E-state index contributed by atoms with van der Waals surface area (Å²) in [6.45, 7) is 2.55. The van der Waals surface area contributed by atoms with Crippen LogP contribution in [0.3, 0.4) is 0 Å². The Morgan fingerprint density at radius 2 is 1.93 bits per heavy atom. The van der Waals surface area contributed by atoms with E-state index in [0.29, 0.717) is 18.9 Å².